The number of carbonyl (C=O) groups is 1. The van der Waals surface area contributed by atoms with Crippen molar-refractivity contribution < 1.29 is 4.79 Å². The second-order valence-electron chi connectivity index (χ2n) is 4.62. The molecule has 1 radical (unpaired) electrons. The summed E-state index contributed by atoms with van der Waals surface area (Å²) in [4.78, 5) is 11.0. The number of carbonyl (C=O) groups excluding carboxylic acids is 1. The summed E-state index contributed by atoms with van der Waals surface area (Å²) in [7, 11) is 0. The van der Waals surface area contributed by atoms with Gasteiger partial charge in [-0.1, -0.05) is 24.5 Å². The van der Waals surface area contributed by atoms with Crippen molar-refractivity contribution in [3.8, 4) is 6.07 Å². The van der Waals surface area contributed by atoms with Crippen LogP contribution in [0.15, 0.2) is 6.20 Å². The molecule has 0 spiro atoms. The molecule has 2 N–H and O–H groups in total. The Labute approximate surface area is 106 Å². The Bertz CT molecular complexity index is 455. The number of primary amides is 1. The first-order chi connectivity index (χ1) is 8.70. The second-order valence-corrected chi connectivity index (χ2v) is 4.62. The van der Waals surface area contributed by atoms with E-state index in [0.29, 0.717) is 11.6 Å². The zero-order valence-corrected chi connectivity index (χ0v) is 10.1. The smallest absolute Gasteiger partial charge is 0.257 e. The third-order valence-corrected chi connectivity index (χ3v) is 3.24. The van der Waals surface area contributed by atoms with Crippen LogP contribution in [0, 0.1) is 23.7 Å². The SMILES string of the molecule is N#C[C@H](C(N)=O)n1cc([CH]C2CCCCC2)nn1. The van der Waals surface area contributed by atoms with Crippen molar-refractivity contribution in [1.29, 1.82) is 5.26 Å². The van der Waals surface area contributed by atoms with Gasteiger partial charge in [-0.15, -0.1) is 5.10 Å². The summed E-state index contributed by atoms with van der Waals surface area (Å²) < 4.78 is 1.22. The molecule has 1 aromatic rings. The van der Waals surface area contributed by atoms with Gasteiger partial charge in [0.2, 0.25) is 6.04 Å². The van der Waals surface area contributed by atoms with Crippen molar-refractivity contribution in [2.45, 2.75) is 38.1 Å². The maximum absolute atomic E-state index is 11.0. The zero-order valence-electron chi connectivity index (χ0n) is 10.1. The van der Waals surface area contributed by atoms with Crippen LogP contribution in [0.3, 0.4) is 0 Å². The zero-order chi connectivity index (χ0) is 13.0. The number of aromatic nitrogens is 3. The molecule has 1 aromatic heterocycles. The number of hydrogen-bond donors (Lipinski definition) is 1. The highest BCUT2D eigenvalue weighted by Gasteiger charge is 2.20. The summed E-state index contributed by atoms with van der Waals surface area (Å²) in [5.74, 6) is -0.190. The van der Waals surface area contributed by atoms with E-state index in [-0.39, 0.29) is 0 Å². The van der Waals surface area contributed by atoms with Gasteiger partial charge >= 0.3 is 0 Å². The molecule has 18 heavy (non-hydrogen) atoms. The number of rotatable bonds is 4. The van der Waals surface area contributed by atoms with Crippen LogP contribution in [-0.2, 0) is 4.79 Å². The van der Waals surface area contributed by atoms with Crippen molar-refractivity contribution in [3.63, 3.8) is 0 Å². The molecule has 95 valence electrons. The maximum atomic E-state index is 11.0. The molecule has 1 amide bonds. The van der Waals surface area contributed by atoms with Crippen LogP contribution >= 0.6 is 0 Å². The Morgan fingerprint density at radius 3 is 2.89 bits per heavy atom. The molecule has 6 nitrogen and oxygen atoms in total. The average Bonchev–Trinajstić information content (AvgIpc) is 2.79. The summed E-state index contributed by atoms with van der Waals surface area (Å²) in [6, 6.07) is 0.729. The molecular formula is C12H16N5O. The highest BCUT2D eigenvalue weighted by molar-refractivity contribution is 5.80. The lowest BCUT2D eigenvalue weighted by Crippen LogP contribution is -2.25. The van der Waals surface area contributed by atoms with Gasteiger partial charge in [0.1, 0.15) is 0 Å². The standard InChI is InChI=1S/C12H16N5O/c13-7-11(12(14)18)17-8-10(15-16-17)6-9-4-2-1-3-5-9/h6,8-9,11H,1-5H2,(H2,14,18)/t11-/m1/s1. The van der Waals surface area contributed by atoms with Crippen LogP contribution in [0.25, 0.3) is 0 Å². The van der Waals surface area contributed by atoms with Crippen molar-refractivity contribution in [3.05, 3.63) is 18.3 Å². The lowest BCUT2D eigenvalue weighted by molar-refractivity contribution is -0.119. The Hall–Kier alpha value is -1.90. The molecule has 1 aliphatic carbocycles. The quantitative estimate of drug-likeness (QED) is 0.855. The number of nitrogens with two attached hydrogens (primary N) is 1. The Morgan fingerprint density at radius 1 is 1.56 bits per heavy atom. The van der Waals surface area contributed by atoms with Gasteiger partial charge in [-0.2, -0.15) is 5.26 Å². The Morgan fingerprint density at radius 2 is 2.28 bits per heavy atom. The van der Waals surface area contributed by atoms with E-state index < -0.39 is 11.9 Å². The first-order valence-corrected chi connectivity index (χ1v) is 6.16. The van der Waals surface area contributed by atoms with Crippen LogP contribution in [0.1, 0.15) is 43.8 Å². The van der Waals surface area contributed by atoms with E-state index in [2.05, 4.69) is 16.7 Å². The van der Waals surface area contributed by atoms with Gasteiger partial charge in [-0.3, -0.25) is 4.79 Å². The molecule has 1 fully saturated rings. The first kappa shape index (κ1) is 12.6. The fourth-order valence-corrected chi connectivity index (χ4v) is 2.29. The molecule has 6 heteroatoms. The van der Waals surface area contributed by atoms with Crippen molar-refractivity contribution >= 4 is 5.91 Å². The van der Waals surface area contributed by atoms with E-state index in [9.17, 15) is 4.79 Å². The van der Waals surface area contributed by atoms with E-state index >= 15 is 0 Å². The molecule has 0 bridgehead atoms. The normalized spacial score (nSPS) is 18.2. The third-order valence-electron chi connectivity index (χ3n) is 3.24. The molecule has 0 saturated heterocycles. The van der Waals surface area contributed by atoms with Crippen molar-refractivity contribution in [1.82, 2.24) is 15.0 Å². The fourth-order valence-electron chi connectivity index (χ4n) is 2.29. The van der Waals surface area contributed by atoms with Crippen molar-refractivity contribution in [2.75, 3.05) is 0 Å². The highest BCUT2D eigenvalue weighted by Crippen LogP contribution is 2.27. The molecule has 1 heterocycles. The monoisotopic (exact) mass is 246 g/mol. The molecule has 1 saturated carbocycles. The van der Waals surface area contributed by atoms with Gasteiger partial charge in [-0.05, 0) is 18.8 Å². The summed E-state index contributed by atoms with van der Waals surface area (Å²) in [5.41, 5.74) is 5.82. The first-order valence-electron chi connectivity index (χ1n) is 6.16. The molecular weight excluding hydrogens is 230 g/mol. The largest absolute Gasteiger partial charge is 0.367 e. The molecule has 0 aliphatic heterocycles. The summed E-state index contributed by atoms with van der Waals surface area (Å²) in [6.07, 6.45) is 9.81. The average molecular weight is 246 g/mol. The van der Waals surface area contributed by atoms with Gasteiger partial charge in [0, 0.05) is 6.42 Å². The van der Waals surface area contributed by atoms with E-state index in [4.69, 9.17) is 11.0 Å². The number of amides is 1. The van der Waals surface area contributed by atoms with E-state index in [0.717, 1.165) is 0 Å². The predicted octanol–water partition coefficient (Wildman–Crippen LogP) is 0.961. The highest BCUT2D eigenvalue weighted by atomic mass is 16.1. The van der Waals surface area contributed by atoms with E-state index in [1.807, 2.05) is 0 Å². The van der Waals surface area contributed by atoms with Gasteiger partial charge in [0.15, 0.2) is 0 Å². The second kappa shape index (κ2) is 5.63. The van der Waals surface area contributed by atoms with Gasteiger partial charge < -0.3 is 5.73 Å². The molecule has 0 unspecified atom stereocenters. The van der Waals surface area contributed by atoms with Gasteiger partial charge in [0.25, 0.3) is 5.91 Å². The topological polar surface area (TPSA) is 97.6 Å². The molecule has 1 atom stereocenters. The minimum Gasteiger partial charge on any atom is -0.367 e. The fraction of sp³-hybridized carbons (Fsp3) is 0.583. The number of nitriles is 1. The van der Waals surface area contributed by atoms with Crippen LogP contribution < -0.4 is 5.73 Å². The van der Waals surface area contributed by atoms with Crippen LogP contribution in [0.5, 0.6) is 0 Å². The minimum atomic E-state index is -1.08. The predicted molar refractivity (Wildman–Crippen MR) is 63.8 cm³/mol. The number of hydrogen-bond acceptors (Lipinski definition) is 4. The van der Waals surface area contributed by atoms with E-state index in [1.165, 1.54) is 36.8 Å². The third kappa shape index (κ3) is 2.86. The minimum absolute atomic E-state index is 0.526. The summed E-state index contributed by atoms with van der Waals surface area (Å²) >= 11 is 0. The number of nitrogens with zero attached hydrogens (tertiary/aromatic N) is 4. The molecule has 0 aromatic carbocycles. The summed E-state index contributed by atoms with van der Waals surface area (Å²) in [6.45, 7) is 0. The lowest BCUT2D eigenvalue weighted by Gasteiger charge is -2.19. The Balaban J connectivity index is 2.01. The van der Waals surface area contributed by atoms with Crippen LogP contribution in [-0.4, -0.2) is 20.9 Å². The van der Waals surface area contributed by atoms with Gasteiger partial charge in [0.05, 0.1) is 18.0 Å². The van der Waals surface area contributed by atoms with Gasteiger partial charge in [-0.25, -0.2) is 4.68 Å². The van der Waals surface area contributed by atoms with E-state index in [1.54, 1.807) is 12.3 Å². The molecule has 1 aliphatic rings. The van der Waals surface area contributed by atoms with Crippen molar-refractivity contribution in [2.24, 2.45) is 11.7 Å². The lowest BCUT2D eigenvalue weighted by atomic mass is 9.86. The Kier molecular flexibility index (Phi) is 3.92. The maximum Gasteiger partial charge on any atom is 0.257 e. The molecule has 2 rings (SSSR count). The van der Waals surface area contributed by atoms with Crippen LogP contribution in [0.2, 0.25) is 0 Å². The summed E-state index contributed by atoms with van der Waals surface area (Å²) in [5, 5.41) is 16.6. The van der Waals surface area contributed by atoms with Crippen LogP contribution in [0.4, 0.5) is 0 Å².